The molecule has 0 saturated heterocycles. The molecule has 0 aliphatic heterocycles. The summed E-state index contributed by atoms with van der Waals surface area (Å²) in [7, 11) is 0. The Morgan fingerprint density at radius 3 is 2.23 bits per heavy atom. The van der Waals surface area contributed by atoms with E-state index in [2.05, 4.69) is 29.1 Å². The molecule has 35 heavy (non-hydrogen) atoms. The van der Waals surface area contributed by atoms with Crippen molar-refractivity contribution in [3.8, 4) is 0 Å². The van der Waals surface area contributed by atoms with E-state index in [4.69, 9.17) is 23.2 Å². The Morgan fingerprint density at radius 1 is 1.03 bits per heavy atom. The highest BCUT2D eigenvalue weighted by molar-refractivity contribution is 6.39. The molecule has 3 rings (SSSR count). The van der Waals surface area contributed by atoms with Crippen molar-refractivity contribution in [2.75, 3.05) is 11.4 Å². The van der Waals surface area contributed by atoms with Crippen LogP contribution in [0.25, 0.3) is 6.08 Å². The van der Waals surface area contributed by atoms with Crippen LogP contribution in [0, 0.1) is 5.92 Å². The molecule has 3 aromatic rings. The summed E-state index contributed by atoms with van der Waals surface area (Å²) in [6, 6.07) is 13.1. The van der Waals surface area contributed by atoms with Gasteiger partial charge in [-0.25, -0.2) is 14.8 Å². The lowest BCUT2D eigenvalue weighted by molar-refractivity contribution is -0.139. The maximum absolute atomic E-state index is 12.5. The molecule has 182 valence electrons. The molecule has 2 aromatic carbocycles. The van der Waals surface area contributed by atoms with Gasteiger partial charge in [-0.2, -0.15) is 0 Å². The van der Waals surface area contributed by atoms with Crippen LogP contribution in [0.3, 0.4) is 0 Å². The summed E-state index contributed by atoms with van der Waals surface area (Å²) in [5.74, 6) is -0.766. The summed E-state index contributed by atoms with van der Waals surface area (Å²) in [4.78, 5) is 35.0. The average molecular weight is 513 g/mol. The van der Waals surface area contributed by atoms with Gasteiger partial charge >= 0.3 is 5.97 Å². The second kappa shape index (κ2) is 12.3. The molecule has 1 atom stereocenters. The number of anilines is 2. The van der Waals surface area contributed by atoms with E-state index in [0.717, 1.165) is 17.8 Å². The molecular formula is C26H26Cl2N4O3. The zero-order valence-corrected chi connectivity index (χ0v) is 20.9. The van der Waals surface area contributed by atoms with E-state index in [0.29, 0.717) is 11.9 Å². The first-order valence-corrected chi connectivity index (χ1v) is 11.8. The monoisotopic (exact) mass is 512 g/mol. The third kappa shape index (κ3) is 7.28. The zero-order chi connectivity index (χ0) is 25.4. The lowest BCUT2D eigenvalue weighted by Crippen LogP contribution is -2.40. The Bertz CT molecular complexity index is 1160. The van der Waals surface area contributed by atoms with E-state index in [9.17, 15) is 14.7 Å². The fourth-order valence-electron chi connectivity index (χ4n) is 3.37. The summed E-state index contributed by atoms with van der Waals surface area (Å²) in [6.07, 6.45) is 7.02. The van der Waals surface area contributed by atoms with Crippen LogP contribution in [0.15, 0.2) is 67.0 Å². The highest BCUT2D eigenvalue weighted by Crippen LogP contribution is 2.25. The van der Waals surface area contributed by atoms with Crippen LogP contribution in [0.5, 0.6) is 0 Å². The number of hydrogen-bond donors (Lipinski definition) is 2. The van der Waals surface area contributed by atoms with Gasteiger partial charge < -0.3 is 15.3 Å². The topological polar surface area (TPSA) is 95.4 Å². The van der Waals surface area contributed by atoms with Crippen molar-refractivity contribution >= 4 is 52.8 Å². The second-order valence-corrected chi connectivity index (χ2v) is 9.06. The third-order valence-electron chi connectivity index (χ3n) is 5.02. The lowest BCUT2D eigenvalue weighted by atomic mass is 10.1. The largest absolute Gasteiger partial charge is 0.480 e. The third-order valence-corrected chi connectivity index (χ3v) is 5.65. The normalized spacial score (nSPS) is 12.0. The molecule has 9 heteroatoms. The van der Waals surface area contributed by atoms with Gasteiger partial charge in [-0.1, -0.05) is 67.4 Å². The molecule has 0 aliphatic rings. The number of carboxylic acid groups (broad SMARTS) is 1. The van der Waals surface area contributed by atoms with Gasteiger partial charge in [0, 0.05) is 24.6 Å². The van der Waals surface area contributed by atoms with Crippen LogP contribution in [0.1, 0.15) is 36.2 Å². The number of carboxylic acids is 1. The van der Waals surface area contributed by atoms with Crippen molar-refractivity contribution in [1.29, 1.82) is 0 Å². The maximum atomic E-state index is 12.5. The summed E-state index contributed by atoms with van der Waals surface area (Å²) < 4.78 is 0. The lowest BCUT2D eigenvalue weighted by Gasteiger charge is -2.24. The second-order valence-electron chi connectivity index (χ2n) is 8.24. The maximum Gasteiger partial charge on any atom is 0.326 e. The Labute approximate surface area is 214 Å². The molecule has 0 aliphatic carbocycles. The van der Waals surface area contributed by atoms with E-state index in [1.807, 2.05) is 29.2 Å². The summed E-state index contributed by atoms with van der Waals surface area (Å²) in [5.41, 5.74) is 1.89. The van der Waals surface area contributed by atoms with Crippen LogP contribution in [-0.2, 0) is 4.79 Å². The van der Waals surface area contributed by atoms with Gasteiger partial charge in [0.25, 0.3) is 5.91 Å². The molecule has 0 radical (unpaired) electrons. The fourth-order valence-corrected chi connectivity index (χ4v) is 3.94. The van der Waals surface area contributed by atoms with Gasteiger partial charge in [-0.3, -0.25) is 4.79 Å². The number of amides is 1. The Kier molecular flexibility index (Phi) is 9.23. The molecule has 1 heterocycles. The Balaban J connectivity index is 1.68. The minimum Gasteiger partial charge on any atom is -0.480 e. The summed E-state index contributed by atoms with van der Waals surface area (Å²) in [6.45, 7) is 5.02. The van der Waals surface area contributed by atoms with Crippen molar-refractivity contribution in [2.24, 2.45) is 5.92 Å². The first-order valence-electron chi connectivity index (χ1n) is 11.0. The Morgan fingerprint density at radius 2 is 1.66 bits per heavy atom. The highest BCUT2D eigenvalue weighted by atomic mass is 35.5. The van der Waals surface area contributed by atoms with Crippen LogP contribution in [0.4, 0.5) is 11.6 Å². The molecule has 1 amide bonds. The molecule has 0 fully saturated rings. The predicted molar refractivity (Wildman–Crippen MR) is 139 cm³/mol. The number of benzene rings is 2. The predicted octanol–water partition coefficient (Wildman–Crippen LogP) is 5.86. The van der Waals surface area contributed by atoms with Crippen LogP contribution < -0.4 is 10.2 Å². The van der Waals surface area contributed by atoms with Crippen molar-refractivity contribution in [1.82, 2.24) is 15.3 Å². The number of aliphatic carboxylic acids is 1. The van der Waals surface area contributed by atoms with Crippen LogP contribution in [-0.4, -0.2) is 39.5 Å². The van der Waals surface area contributed by atoms with Crippen molar-refractivity contribution in [3.63, 3.8) is 0 Å². The SMILES string of the molecule is CC(C)CN(c1ccc(/C=C\CC(NC(=O)c2c(Cl)cccc2Cl)C(=O)O)cc1)c1ncccn1. The van der Waals surface area contributed by atoms with Gasteiger partial charge in [0.1, 0.15) is 6.04 Å². The van der Waals surface area contributed by atoms with Crippen LogP contribution >= 0.6 is 23.2 Å². The first kappa shape index (κ1) is 26.2. The van der Waals surface area contributed by atoms with E-state index in [1.165, 1.54) is 12.1 Å². The molecule has 0 saturated carbocycles. The summed E-state index contributed by atoms with van der Waals surface area (Å²) in [5, 5.41) is 12.3. The molecule has 0 spiro atoms. The van der Waals surface area contributed by atoms with Gasteiger partial charge in [0.2, 0.25) is 5.95 Å². The molecular weight excluding hydrogens is 487 g/mol. The van der Waals surface area contributed by atoms with Crippen LogP contribution in [0.2, 0.25) is 10.0 Å². The Hall–Kier alpha value is -3.42. The zero-order valence-electron chi connectivity index (χ0n) is 19.4. The minimum absolute atomic E-state index is 0.0509. The summed E-state index contributed by atoms with van der Waals surface area (Å²) >= 11 is 12.1. The standard InChI is InChI=1S/C26H26Cl2N4O3/c1-17(2)16-32(26-29-14-5-15-30-26)19-12-10-18(11-13-19)6-3-9-22(25(34)35)31-24(33)23-20(27)7-4-8-21(23)28/h3-8,10-15,17,22H,9,16H2,1-2H3,(H,31,33)(H,34,35)/b6-3-. The number of rotatable bonds is 10. The number of halogens is 2. The molecule has 1 aromatic heterocycles. The van der Waals surface area contributed by atoms with Gasteiger partial charge in [0.05, 0.1) is 15.6 Å². The average Bonchev–Trinajstić information content (AvgIpc) is 2.82. The van der Waals surface area contributed by atoms with Gasteiger partial charge in [-0.05, 0) is 48.2 Å². The van der Waals surface area contributed by atoms with Crippen molar-refractivity contribution in [2.45, 2.75) is 26.3 Å². The molecule has 2 N–H and O–H groups in total. The number of nitrogens with one attached hydrogen (secondary N) is 1. The van der Waals surface area contributed by atoms with Gasteiger partial charge in [-0.15, -0.1) is 0 Å². The quantitative estimate of drug-likeness (QED) is 0.353. The number of nitrogens with zero attached hydrogens (tertiary/aromatic N) is 3. The number of carbonyl (C=O) groups excluding carboxylic acids is 1. The number of aromatic nitrogens is 2. The van der Waals surface area contributed by atoms with Gasteiger partial charge in [0.15, 0.2) is 0 Å². The highest BCUT2D eigenvalue weighted by Gasteiger charge is 2.22. The van der Waals surface area contributed by atoms with E-state index < -0.39 is 17.9 Å². The minimum atomic E-state index is -1.16. The smallest absolute Gasteiger partial charge is 0.326 e. The molecule has 0 bridgehead atoms. The van der Waals surface area contributed by atoms with E-state index in [1.54, 1.807) is 36.7 Å². The first-order chi connectivity index (χ1) is 16.8. The molecule has 1 unspecified atom stereocenters. The number of hydrogen-bond acceptors (Lipinski definition) is 5. The molecule has 7 nitrogen and oxygen atoms in total. The van der Waals surface area contributed by atoms with Crippen molar-refractivity contribution in [3.05, 3.63) is 88.2 Å². The fraction of sp³-hybridized carbons (Fsp3) is 0.231. The van der Waals surface area contributed by atoms with Crippen molar-refractivity contribution < 1.29 is 14.7 Å². The number of carbonyl (C=O) groups is 2. The van der Waals surface area contributed by atoms with E-state index >= 15 is 0 Å². The van der Waals surface area contributed by atoms with E-state index in [-0.39, 0.29) is 22.0 Å².